The van der Waals surface area contributed by atoms with E-state index in [9.17, 15) is 4.79 Å². The van der Waals surface area contributed by atoms with E-state index in [1.165, 1.54) is 12.1 Å². The second kappa shape index (κ2) is 3.76. The van der Waals surface area contributed by atoms with Crippen LogP contribution in [0.1, 0.15) is 10.4 Å². The molecule has 0 spiro atoms. The van der Waals surface area contributed by atoms with Crippen LogP contribution in [0.3, 0.4) is 0 Å². The second-order valence-electron chi connectivity index (χ2n) is 2.03. The molecule has 0 aliphatic heterocycles. The minimum absolute atomic E-state index is 0.100. The average Bonchev–Trinajstić information content (AvgIpc) is 2.05. The summed E-state index contributed by atoms with van der Waals surface area (Å²) in [7, 11) is 0. The summed E-state index contributed by atoms with van der Waals surface area (Å²) >= 11 is 4.25. The first-order valence-corrected chi connectivity index (χ1v) is 3.56. The third-order valence-electron chi connectivity index (χ3n) is 1.28. The summed E-state index contributed by atoms with van der Waals surface area (Å²) in [6, 6.07) is 6.12. The van der Waals surface area contributed by atoms with Gasteiger partial charge in [0.1, 0.15) is 5.75 Å². The van der Waals surface area contributed by atoms with E-state index in [1.54, 1.807) is 12.1 Å². The van der Waals surface area contributed by atoms with E-state index in [-0.39, 0.29) is 11.3 Å². The molecule has 1 amide bonds. The first-order valence-electron chi connectivity index (χ1n) is 3.16. The molecule has 0 fully saturated rings. The van der Waals surface area contributed by atoms with Crippen molar-refractivity contribution < 1.29 is 9.90 Å². The molecule has 4 heteroatoms. The van der Waals surface area contributed by atoms with Gasteiger partial charge in [0, 0.05) is 0 Å². The summed E-state index contributed by atoms with van der Waals surface area (Å²) in [5.74, 6) is -0.681. The molecule has 0 bridgehead atoms. The third kappa shape index (κ3) is 1.75. The maximum absolute atomic E-state index is 11.0. The Bertz CT molecular complexity index is 356. The monoisotopic (exact) mass is 179 g/mol. The average molecular weight is 179 g/mol. The first kappa shape index (κ1) is 8.59. The minimum Gasteiger partial charge on any atom is -0.507 e. The van der Waals surface area contributed by atoms with Gasteiger partial charge >= 0.3 is 0 Å². The van der Waals surface area contributed by atoms with Crippen LogP contribution in [0.5, 0.6) is 5.75 Å². The van der Waals surface area contributed by atoms with Gasteiger partial charge in [0.05, 0.1) is 10.7 Å². The number of hydrogen-bond acceptors (Lipinski definition) is 3. The van der Waals surface area contributed by atoms with E-state index in [1.807, 2.05) is 5.16 Å². The van der Waals surface area contributed by atoms with Crippen LogP contribution in [0.25, 0.3) is 0 Å². The fourth-order valence-corrected chi connectivity index (χ4v) is 0.839. The van der Waals surface area contributed by atoms with Crippen molar-refractivity contribution in [2.45, 2.75) is 0 Å². The van der Waals surface area contributed by atoms with Crippen LogP contribution in [-0.4, -0.2) is 16.2 Å². The van der Waals surface area contributed by atoms with E-state index in [0.717, 1.165) is 0 Å². The number of hydrogen-bond donors (Lipinski definition) is 1. The van der Waals surface area contributed by atoms with Crippen molar-refractivity contribution in [2.24, 2.45) is 4.99 Å². The number of amides is 1. The summed E-state index contributed by atoms with van der Waals surface area (Å²) in [4.78, 5) is 14.2. The van der Waals surface area contributed by atoms with Gasteiger partial charge in [-0.3, -0.25) is 4.79 Å². The Kier molecular flexibility index (Phi) is 2.69. The van der Waals surface area contributed by atoms with E-state index in [4.69, 9.17) is 5.11 Å². The number of nitrogens with zero attached hydrogens (tertiary/aromatic N) is 1. The topological polar surface area (TPSA) is 49.7 Å². The van der Waals surface area contributed by atoms with Gasteiger partial charge in [-0.1, -0.05) is 12.1 Å². The molecule has 0 saturated heterocycles. The van der Waals surface area contributed by atoms with Crippen LogP contribution < -0.4 is 0 Å². The molecule has 3 nitrogen and oxygen atoms in total. The summed E-state index contributed by atoms with van der Waals surface area (Å²) in [5, 5.41) is 11.1. The largest absolute Gasteiger partial charge is 0.507 e. The summed E-state index contributed by atoms with van der Waals surface area (Å²) in [5.41, 5.74) is 0.134. The van der Waals surface area contributed by atoms with Crippen LogP contribution in [-0.2, 0) is 0 Å². The number of para-hydroxylation sites is 1. The molecule has 0 aliphatic rings. The standard InChI is InChI=1S/C8H5NO2S/c10-7-4-2-1-3-6(7)8(11)9-5-12/h1-4,10H. The maximum atomic E-state index is 11.0. The SMILES string of the molecule is O=C(N=C=S)c1ccccc1O. The zero-order chi connectivity index (χ0) is 8.97. The number of phenols is 1. The van der Waals surface area contributed by atoms with Crippen LogP contribution in [0.4, 0.5) is 0 Å². The Morgan fingerprint density at radius 3 is 2.75 bits per heavy atom. The molecule has 1 aromatic rings. The van der Waals surface area contributed by atoms with E-state index < -0.39 is 5.91 Å². The van der Waals surface area contributed by atoms with Gasteiger partial charge in [-0.05, 0) is 24.4 Å². The lowest BCUT2D eigenvalue weighted by molar-refractivity contribution is 0.100. The Labute approximate surface area is 74.4 Å². The second-order valence-corrected chi connectivity index (χ2v) is 2.21. The predicted octanol–water partition coefficient (Wildman–Crippen LogP) is 1.64. The highest BCUT2D eigenvalue weighted by molar-refractivity contribution is 7.78. The number of aliphatic imine (C=N–C) groups is 1. The van der Waals surface area contributed by atoms with Gasteiger partial charge < -0.3 is 5.11 Å². The summed E-state index contributed by atoms with van der Waals surface area (Å²) in [6.07, 6.45) is 0. The van der Waals surface area contributed by atoms with Crippen molar-refractivity contribution in [1.82, 2.24) is 0 Å². The van der Waals surface area contributed by atoms with Crippen LogP contribution in [0.2, 0.25) is 0 Å². The minimum atomic E-state index is -0.580. The van der Waals surface area contributed by atoms with Crippen molar-refractivity contribution in [2.75, 3.05) is 0 Å². The Morgan fingerprint density at radius 2 is 2.17 bits per heavy atom. The molecule has 0 heterocycles. The molecule has 0 saturated carbocycles. The number of thiocarbonyl (C=S) groups is 1. The van der Waals surface area contributed by atoms with Crippen LogP contribution in [0.15, 0.2) is 29.3 Å². The molecule has 1 rings (SSSR count). The first-order chi connectivity index (χ1) is 5.75. The highest BCUT2D eigenvalue weighted by Crippen LogP contribution is 2.15. The Balaban J connectivity index is 3.11. The van der Waals surface area contributed by atoms with E-state index in [0.29, 0.717) is 0 Å². The molecule has 1 N–H and O–H groups in total. The van der Waals surface area contributed by atoms with Gasteiger partial charge in [-0.25, -0.2) is 0 Å². The molecular weight excluding hydrogens is 174 g/mol. The molecule has 0 aliphatic carbocycles. The highest BCUT2D eigenvalue weighted by Gasteiger charge is 2.07. The zero-order valence-corrected chi connectivity index (χ0v) is 6.84. The number of carbonyl (C=O) groups excluding carboxylic acids is 1. The molecule has 0 unspecified atom stereocenters. The molecule has 0 atom stereocenters. The van der Waals surface area contributed by atoms with Crippen LogP contribution in [0, 0.1) is 0 Å². The Morgan fingerprint density at radius 1 is 1.50 bits per heavy atom. The van der Waals surface area contributed by atoms with Gasteiger partial charge in [0.25, 0.3) is 5.91 Å². The van der Waals surface area contributed by atoms with Gasteiger partial charge in [0.15, 0.2) is 0 Å². The fourth-order valence-electron chi connectivity index (χ4n) is 0.756. The molecular formula is C8H5NO2S. The van der Waals surface area contributed by atoms with Crippen molar-refractivity contribution in [3.8, 4) is 5.75 Å². The van der Waals surface area contributed by atoms with Gasteiger partial charge in [0.2, 0.25) is 0 Å². The van der Waals surface area contributed by atoms with E-state index >= 15 is 0 Å². The lowest BCUT2D eigenvalue weighted by Crippen LogP contribution is -1.93. The summed E-state index contributed by atoms with van der Waals surface area (Å²) < 4.78 is 0. The van der Waals surface area contributed by atoms with Crippen molar-refractivity contribution in [1.29, 1.82) is 0 Å². The lowest BCUT2D eigenvalue weighted by atomic mass is 10.2. The highest BCUT2D eigenvalue weighted by atomic mass is 32.1. The molecule has 60 valence electrons. The molecule has 0 aromatic heterocycles. The normalized spacial score (nSPS) is 8.67. The zero-order valence-electron chi connectivity index (χ0n) is 6.02. The molecule has 1 aromatic carbocycles. The number of carbonyl (C=O) groups is 1. The van der Waals surface area contributed by atoms with Crippen molar-refractivity contribution in [3.05, 3.63) is 29.8 Å². The fraction of sp³-hybridized carbons (Fsp3) is 0. The predicted molar refractivity (Wildman–Crippen MR) is 47.5 cm³/mol. The van der Waals surface area contributed by atoms with Gasteiger partial charge in [-0.2, -0.15) is 4.99 Å². The van der Waals surface area contributed by atoms with E-state index in [2.05, 4.69) is 17.2 Å². The Hall–Kier alpha value is -1.51. The maximum Gasteiger partial charge on any atom is 0.289 e. The number of benzene rings is 1. The van der Waals surface area contributed by atoms with Crippen molar-refractivity contribution >= 4 is 23.3 Å². The van der Waals surface area contributed by atoms with Crippen molar-refractivity contribution in [3.63, 3.8) is 0 Å². The number of aromatic hydroxyl groups is 1. The van der Waals surface area contributed by atoms with Gasteiger partial charge in [-0.15, -0.1) is 0 Å². The smallest absolute Gasteiger partial charge is 0.289 e. The third-order valence-corrected chi connectivity index (χ3v) is 1.37. The molecule has 0 radical (unpaired) electrons. The lowest BCUT2D eigenvalue weighted by Gasteiger charge is -1.95. The molecule has 12 heavy (non-hydrogen) atoms. The summed E-state index contributed by atoms with van der Waals surface area (Å²) in [6.45, 7) is 0. The quantitative estimate of drug-likeness (QED) is 0.526. The van der Waals surface area contributed by atoms with Crippen LogP contribution >= 0.6 is 12.2 Å². The number of isothiocyanates is 1. The number of phenolic OH excluding ortho intramolecular Hbond substituents is 1. The number of rotatable bonds is 1.